The number of alkyl halides is 1. The van der Waals surface area contributed by atoms with Crippen LogP contribution in [0.5, 0.6) is 0 Å². The minimum absolute atomic E-state index is 0.266. The van der Waals surface area contributed by atoms with E-state index in [9.17, 15) is 0 Å². The number of halogens is 1. The van der Waals surface area contributed by atoms with E-state index in [0.717, 1.165) is 26.1 Å². The van der Waals surface area contributed by atoms with Gasteiger partial charge in [0.05, 0.1) is 18.3 Å². The predicted molar refractivity (Wildman–Crippen MR) is 68.5 cm³/mol. The normalized spacial score (nSPS) is 41.1. The standard InChI is InChI=1S/C14H23ClO2/c15-13-4-8-16-10-11(13)9-12-3-7-14(17-12)5-1-2-6-14/h11-13H,1-10H2. The van der Waals surface area contributed by atoms with Gasteiger partial charge in [-0.25, -0.2) is 0 Å². The molecule has 2 aliphatic heterocycles. The molecule has 2 nitrogen and oxygen atoms in total. The summed E-state index contributed by atoms with van der Waals surface area (Å²) < 4.78 is 11.9. The first-order chi connectivity index (χ1) is 8.27. The lowest BCUT2D eigenvalue weighted by Gasteiger charge is -2.30. The van der Waals surface area contributed by atoms with Gasteiger partial charge in [-0.2, -0.15) is 0 Å². The van der Waals surface area contributed by atoms with Gasteiger partial charge in [0, 0.05) is 17.9 Å². The van der Waals surface area contributed by atoms with E-state index in [1.54, 1.807) is 0 Å². The largest absolute Gasteiger partial charge is 0.381 e. The predicted octanol–water partition coefficient (Wildman–Crippen LogP) is 3.51. The van der Waals surface area contributed by atoms with E-state index in [0.29, 0.717) is 17.4 Å². The number of rotatable bonds is 2. The highest BCUT2D eigenvalue weighted by atomic mass is 35.5. The Morgan fingerprint density at radius 3 is 2.71 bits per heavy atom. The zero-order chi connectivity index (χ0) is 11.7. The summed E-state index contributed by atoms with van der Waals surface area (Å²) in [5, 5.41) is 0.299. The van der Waals surface area contributed by atoms with Crippen molar-refractivity contribution < 1.29 is 9.47 Å². The molecule has 0 aromatic carbocycles. The van der Waals surface area contributed by atoms with Crippen LogP contribution in [0.2, 0.25) is 0 Å². The molecule has 0 aromatic heterocycles. The summed E-state index contributed by atoms with van der Waals surface area (Å²) in [6.07, 6.45) is 10.4. The maximum absolute atomic E-state index is 6.38. The summed E-state index contributed by atoms with van der Waals surface area (Å²) in [4.78, 5) is 0. The fraction of sp³-hybridized carbons (Fsp3) is 1.00. The van der Waals surface area contributed by atoms with Crippen molar-refractivity contribution in [3.05, 3.63) is 0 Å². The molecule has 3 heteroatoms. The van der Waals surface area contributed by atoms with Crippen LogP contribution in [0.4, 0.5) is 0 Å². The molecule has 1 aliphatic carbocycles. The van der Waals surface area contributed by atoms with Crippen LogP contribution in [-0.2, 0) is 9.47 Å². The van der Waals surface area contributed by atoms with Gasteiger partial charge in [0.25, 0.3) is 0 Å². The van der Waals surface area contributed by atoms with Crippen LogP contribution >= 0.6 is 11.6 Å². The van der Waals surface area contributed by atoms with Gasteiger partial charge < -0.3 is 9.47 Å². The molecule has 3 atom stereocenters. The average molecular weight is 259 g/mol. The fourth-order valence-electron chi connectivity index (χ4n) is 3.77. The molecule has 98 valence electrons. The molecule has 3 rings (SSSR count). The van der Waals surface area contributed by atoms with Gasteiger partial charge in [0.2, 0.25) is 0 Å². The molecular formula is C14H23ClO2. The van der Waals surface area contributed by atoms with Crippen molar-refractivity contribution in [1.29, 1.82) is 0 Å². The number of hydrogen-bond acceptors (Lipinski definition) is 2. The van der Waals surface area contributed by atoms with E-state index in [-0.39, 0.29) is 5.60 Å². The van der Waals surface area contributed by atoms with E-state index < -0.39 is 0 Å². The topological polar surface area (TPSA) is 18.5 Å². The maximum atomic E-state index is 6.38. The molecule has 0 amide bonds. The highest BCUT2D eigenvalue weighted by Gasteiger charge is 2.43. The van der Waals surface area contributed by atoms with Gasteiger partial charge in [-0.3, -0.25) is 0 Å². The molecular weight excluding hydrogens is 236 g/mol. The van der Waals surface area contributed by atoms with Crippen LogP contribution < -0.4 is 0 Å². The molecule has 17 heavy (non-hydrogen) atoms. The highest BCUT2D eigenvalue weighted by Crippen LogP contribution is 2.45. The summed E-state index contributed by atoms with van der Waals surface area (Å²) in [5.41, 5.74) is 0.266. The Labute approximate surface area is 109 Å². The van der Waals surface area contributed by atoms with E-state index in [4.69, 9.17) is 21.1 Å². The molecule has 0 N–H and O–H groups in total. The first kappa shape index (κ1) is 12.3. The summed E-state index contributed by atoms with van der Waals surface area (Å²) in [7, 11) is 0. The van der Waals surface area contributed by atoms with Crippen LogP contribution in [-0.4, -0.2) is 30.3 Å². The number of hydrogen-bond donors (Lipinski definition) is 0. The van der Waals surface area contributed by atoms with Gasteiger partial charge in [0.1, 0.15) is 0 Å². The molecule has 2 heterocycles. The molecule has 3 fully saturated rings. The van der Waals surface area contributed by atoms with Gasteiger partial charge in [-0.05, 0) is 38.5 Å². The van der Waals surface area contributed by atoms with Gasteiger partial charge >= 0.3 is 0 Å². The lowest BCUT2D eigenvalue weighted by molar-refractivity contribution is -0.0536. The Kier molecular flexibility index (Phi) is 3.65. The second-order valence-electron chi connectivity index (χ2n) is 6.04. The van der Waals surface area contributed by atoms with Crippen LogP contribution in [0.25, 0.3) is 0 Å². The van der Waals surface area contributed by atoms with E-state index >= 15 is 0 Å². The third-order valence-electron chi connectivity index (χ3n) is 4.80. The van der Waals surface area contributed by atoms with Crippen LogP contribution in [0.1, 0.15) is 51.4 Å². The van der Waals surface area contributed by atoms with Crippen LogP contribution in [0.15, 0.2) is 0 Å². The fourth-order valence-corrected chi connectivity index (χ4v) is 4.04. The molecule has 3 aliphatic rings. The van der Waals surface area contributed by atoms with Crippen molar-refractivity contribution in [2.45, 2.75) is 68.4 Å². The van der Waals surface area contributed by atoms with Crippen molar-refractivity contribution in [3.8, 4) is 0 Å². The van der Waals surface area contributed by atoms with Crippen molar-refractivity contribution in [2.75, 3.05) is 13.2 Å². The van der Waals surface area contributed by atoms with Crippen molar-refractivity contribution in [3.63, 3.8) is 0 Å². The first-order valence-electron chi connectivity index (χ1n) is 7.17. The third kappa shape index (κ3) is 2.64. The Balaban J connectivity index is 1.52. The second-order valence-corrected chi connectivity index (χ2v) is 6.60. The van der Waals surface area contributed by atoms with Gasteiger partial charge in [0.15, 0.2) is 0 Å². The molecule has 2 saturated heterocycles. The van der Waals surface area contributed by atoms with Gasteiger partial charge in [-0.1, -0.05) is 12.8 Å². The molecule has 1 saturated carbocycles. The average Bonchev–Trinajstić information content (AvgIpc) is 2.94. The van der Waals surface area contributed by atoms with Crippen LogP contribution in [0, 0.1) is 5.92 Å². The first-order valence-corrected chi connectivity index (χ1v) is 7.61. The van der Waals surface area contributed by atoms with E-state index in [2.05, 4.69) is 0 Å². The Morgan fingerprint density at radius 2 is 1.94 bits per heavy atom. The minimum atomic E-state index is 0.266. The van der Waals surface area contributed by atoms with Crippen LogP contribution in [0.3, 0.4) is 0 Å². The van der Waals surface area contributed by atoms with E-state index in [1.165, 1.54) is 38.5 Å². The monoisotopic (exact) mass is 258 g/mol. The minimum Gasteiger partial charge on any atom is -0.381 e. The summed E-state index contributed by atoms with van der Waals surface area (Å²) in [5.74, 6) is 0.506. The number of ether oxygens (including phenoxy) is 2. The highest BCUT2D eigenvalue weighted by molar-refractivity contribution is 6.20. The summed E-state index contributed by atoms with van der Waals surface area (Å²) in [6.45, 7) is 1.67. The van der Waals surface area contributed by atoms with Crippen molar-refractivity contribution in [2.24, 2.45) is 5.92 Å². The molecule has 3 unspecified atom stereocenters. The quantitative estimate of drug-likeness (QED) is 0.706. The van der Waals surface area contributed by atoms with Crippen molar-refractivity contribution >= 4 is 11.6 Å². The zero-order valence-corrected chi connectivity index (χ0v) is 11.3. The Morgan fingerprint density at radius 1 is 1.12 bits per heavy atom. The van der Waals surface area contributed by atoms with E-state index in [1.807, 2.05) is 0 Å². The SMILES string of the molecule is ClC1CCOCC1CC1CCC2(CCCC2)O1. The van der Waals surface area contributed by atoms with Crippen molar-refractivity contribution in [1.82, 2.24) is 0 Å². The second kappa shape index (κ2) is 5.07. The molecule has 0 aromatic rings. The maximum Gasteiger partial charge on any atom is 0.0687 e. The smallest absolute Gasteiger partial charge is 0.0687 e. The molecule has 1 spiro atoms. The van der Waals surface area contributed by atoms with Gasteiger partial charge in [-0.15, -0.1) is 11.6 Å². The third-order valence-corrected chi connectivity index (χ3v) is 5.37. The zero-order valence-electron chi connectivity index (χ0n) is 10.5. The summed E-state index contributed by atoms with van der Waals surface area (Å²) in [6, 6.07) is 0. The Bertz CT molecular complexity index is 263. The summed E-state index contributed by atoms with van der Waals surface area (Å²) >= 11 is 6.38. The molecule has 0 radical (unpaired) electrons. The molecule has 0 bridgehead atoms. The lowest BCUT2D eigenvalue weighted by Crippen LogP contribution is -2.32. The lowest BCUT2D eigenvalue weighted by atomic mass is 9.93. The Hall–Kier alpha value is 0.210.